The number of benzene rings is 10. The molecule has 3 heterocycles. The van der Waals surface area contributed by atoms with Crippen molar-refractivity contribution in [3.63, 3.8) is 0 Å². The van der Waals surface area contributed by atoms with Crippen LogP contribution in [0.1, 0.15) is 0 Å². The normalized spacial score (nSPS) is 11.5. The third-order valence-corrected chi connectivity index (χ3v) is 13.3. The lowest BCUT2D eigenvalue weighted by Gasteiger charge is -2.14. The van der Waals surface area contributed by atoms with Gasteiger partial charge in [0.25, 0.3) is 0 Å². The second kappa shape index (κ2) is 16.8. The molecule has 0 atom stereocenters. The molecule has 3 aromatic heterocycles. The van der Waals surface area contributed by atoms with Crippen molar-refractivity contribution in [3.8, 4) is 84.5 Å². The second-order valence-corrected chi connectivity index (χ2v) is 17.4. The summed E-state index contributed by atoms with van der Waals surface area (Å²) < 4.78 is 2.37. The summed E-state index contributed by atoms with van der Waals surface area (Å²) in [6.07, 6.45) is 0. The molecule has 0 saturated carbocycles. The topological polar surface area (TPSA) is 56.5 Å². The number of para-hydroxylation sites is 3. The van der Waals surface area contributed by atoms with Gasteiger partial charge >= 0.3 is 0 Å². The van der Waals surface area contributed by atoms with Crippen LogP contribution >= 0.6 is 0 Å². The van der Waals surface area contributed by atoms with E-state index < -0.39 is 0 Å². The van der Waals surface area contributed by atoms with E-state index >= 15 is 0 Å². The number of pyridine rings is 1. The predicted molar refractivity (Wildman–Crippen MR) is 285 cm³/mol. The molecule has 0 spiro atoms. The lowest BCUT2D eigenvalue weighted by atomic mass is 9.93. The van der Waals surface area contributed by atoms with Crippen molar-refractivity contribution in [2.24, 2.45) is 0 Å². The van der Waals surface area contributed by atoms with Crippen molar-refractivity contribution in [3.05, 3.63) is 249 Å². The molecule has 0 fully saturated rings. The number of hydrogen-bond donors (Lipinski definition) is 0. The van der Waals surface area contributed by atoms with Crippen LogP contribution in [0.4, 0.5) is 0 Å². The standard InChI is InChI=1S/C64H41N5/c1-4-16-42(17-5-1)44-28-36-48(37-29-44)62-66-63(49-38-30-45(31-39-49)43-18-6-2-7-19-43)68-64(67-62)54-41-40-51(52-22-10-11-23-53(52)54)46-32-34-47(35-33-46)60-61-59(55-24-12-14-26-57(55)65-60)56-25-13-15-27-58(56)69(61)50-20-8-3-9-21-50/h1-41H. The van der Waals surface area contributed by atoms with E-state index in [0.29, 0.717) is 17.5 Å². The quantitative estimate of drug-likeness (QED) is 0.153. The van der Waals surface area contributed by atoms with Crippen molar-refractivity contribution in [2.75, 3.05) is 0 Å². The highest BCUT2D eigenvalue weighted by molar-refractivity contribution is 6.23. The minimum atomic E-state index is 0.618. The lowest BCUT2D eigenvalue weighted by molar-refractivity contribution is 1.08. The van der Waals surface area contributed by atoms with Gasteiger partial charge in [-0.25, -0.2) is 19.9 Å². The predicted octanol–water partition coefficient (Wildman–Crippen LogP) is 16.3. The van der Waals surface area contributed by atoms with Crippen molar-refractivity contribution in [2.45, 2.75) is 0 Å². The molecule has 5 heteroatoms. The third-order valence-electron chi connectivity index (χ3n) is 13.3. The molecular formula is C64H41N5. The molecule has 0 N–H and O–H groups in total. The van der Waals surface area contributed by atoms with Gasteiger partial charge in [-0.3, -0.25) is 0 Å². The average molecular weight is 880 g/mol. The van der Waals surface area contributed by atoms with E-state index in [-0.39, 0.29) is 0 Å². The molecule has 0 radical (unpaired) electrons. The molecule has 0 saturated heterocycles. The molecule has 0 bridgehead atoms. The first kappa shape index (κ1) is 40.0. The van der Waals surface area contributed by atoms with E-state index in [2.05, 4.69) is 241 Å². The number of nitrogens with zero attached hydrogens (tertiary/aromatic N) is 5. The van der Waals surface area contributed by atoms with E-state index in [1.54, 1.807) is 0 Å². The fraction of sp³-hybridized carbons (Fsp3) is 0. The molecule has 13 rings (SSSR count). The fourth-order valence-corrected chi connectivity index (χ4v) is 9.93. The third kappa shape index (κ3) is 7.12. The van der Waals surface area contributed by atoms with Crippen LogP contribution in [-0.2, 0) is 0 Å². The summed E-state index contributed by atoms with van der Waals surface area (Å²) in [6.45, 7) is 0. The molecule has 69 heavy (non-hydrogen) atoms. The number of hydrogen-bond acceptors (Lipinski definition) is 4. The Morgan fingerprint density at radius 3 is 1.29 bits per heavy atom. The van der Waals surface area contributed by atoms with Crippen LogP contribution in [0.2, 0.25) is 0 Å². The van der Waals surface area contributed by atoms with Gasteiger partial charge in [0.15, 0.2) is 17.5 Å². The minimum absolute atomic E-state index is 0.618. The van der Waals surface area contributed by atoms with Gasteiger partial charge in [0.2, 0.25) is 0 Å². The first-order chi connectivity index (χ1) is 34.2. The Morgan fingerprint density at radius 1 is 0.261 bits per heavy atom. The summed E-state index contributed by atoms with van der Waals surface area (Å²) >= 11 is 0. The van der Waals surface area contributed by atoms with E-state index in [0.717, 1.165) is 99.7 Å². The average Bonchev–Trinajstić information content (AvgIpc) is 3.79. The van der Waals surface area contributed by atoms with E-state index in [1.165, 1.54) is 10.8 Å². The van der Waals surface area contributed by atoms with Crippen molar-refractivity contribution < 1.29 is 0 Å². The van der Waals surface area contributed by atoms with E-state index in [4.69, 9.17) is 19.9 Å². The minimum Gasteiger partial charge on any atom is -0.307 e. The number of aromatic nitrogens is 5. The summed E-state index contributed by atoms with van der Waals surface area (Å²) in [5.41, 5.74) is 15.9. The zero-order valence-corrected chi connectivity index (χ0v) is 37.4. The van der Waals surface area contributed by atoms with Crippen LogP contribution < -0.4 is 0 Å². The fourth-order valence-electron chi connectivity index (χ4n) is 9.93. The molecule has 0 aliphatic heterocycles. The van der Waals surface area contributed by atoms with E-state index in [9.17, 15) is 0 Å². The van der Waals surface area contributed by atoms with Gasteiger partial charge in [0, 0.05) is 44.1 Å². The van der Waals surface area contributed by atoms with Crippen LogP contribution in [-0.4, -0.2) is 24.5 Å². The molecule has 5 nitrogen and oxygen atoms in total. The van der Waals surface area contributed by atoms with Gasteiger partial charge in [-0.05, 0) is 74.5 Å². The molecule has 13 aromatic rings. The Morgan fingerprint density at radius 2 is 0.681 bits per heavy atom. The van der Waals surface area contributed by atoms with Crippen molar-refractivity contribution in [1.82, 2.24) is 24.5 Å². The van der Waals surface area contributed by atoms with Crippen LogP contribution in [0.5, 0.6) is 0 Å². The molecular weight excluding hydrogens is 839 g/mol. The smallest absolute Gasteiger partial charge is 0.164 e. The highest BCUT2D eigenvalue weighted by Gasteiger charge is 2.21. The Hall–Kier alpha value is -9.32. The van der Waals surface area contributed by atoms with E-state index in [1.807, 2.05) is 12.1 Å². The Kier molecular flexibility index (Phi) is 9.76. The molecule has 0 unspecified atom stereocenters. The molecule has 0 aliphatic carbocycles. The number of rotatable bonds is 8. The summed E-state index contributed by atoms with van der Waals surface area (Å²) in [7, 11) is 0. The highest BCUT2D eigenvalue weighted by atomic mass is 15.0. The molecule has 0 amide bonds. The maximum atomic E-state index is 5.41. The van der Waals surface area contributed by atoms with Gasteiger partial charge in [0.1, 0.15) is 0 Å². The van der Waals surface area contributed by atoms with Gasteiger partial charge in [0.05, 0.1) is 22.2 Å². The zero-order chi connectivity index (χ0) is 45.7. The van der Waals surface area contributed by atoms with Crippen molar-refractivity contribution >= 4 is 43.5 Å². The maximum Gasteiger partial charge on any atom is 0.164 e. The summed E-state index contributed by atoms with van der Waals surface area (Å²) in [4.78, 5) is 21.0. The maximum absolute atomic E-state index is 5.41. The first-order valence-corrected chi connectivity index (χ1v) is 23.3. The van der Waals surface area contributed by atoms with Crippen LogP contribution in [0.25, 0.3) is 128 Å². The van der Waals surface area contributed by atoms with Crippen LogP contribution in [0.3, 0.4) is 0 Å². The summed E-state index contributed by atoms with van der Waals surface area (Å²) in [5.74, 6) is 1.86. The number of fused-ring (bicyclic) bond motifs is 6. The monoisotopic (exact) mass is 879 g/mol. The zero-order valence-electron chi connectivity index (χ0n) is 37.4. The Bertz CT molecular complexity index is 3910. The lowest BCUT2D eigenvalue weighted by Crippen LogP contribution is -2.01. The van der Waals surface area contributed by atoms with Crippen LogP contribution in [0, 0.1) is 0 Å². The van der Waals surface area contributed by atoms with Gasteiger partial charge in [-0.2, -0.15) is 0 Å². The highest BCUT2D eigenvalue weighted by Crippen LogP contribution is 2.42. The Labute approximate surface area is 399 Å². The van der Waals surface area contributed by atoms with Gasteiger partial charge in [-0.1, -0.05) is 218 Å². The SMILES string of the molecule is c1ccc(-c2ccc(-c3nc(-c4ccc(-c5ccccc5)cc4)nc(-c4ccc(-c5ccc(-c6nc7ccccc7c7c8ccccc8n(-c8ccccc8)c67)cc5)c5ccccc45)n3)cc2)cc1. The van der Waals surface area contributed by atoms with Gasteiger partial charge in [-0.15, -0.1) is 0 Å². The summed E-state index contributed by atoms with van der Waals surface area (Å²) in [6, 6.07) is 87.5. The van der Waals surface area contributed by atoms with Crippen molar-refractivity contribution in [1.29, 1.82) is 0 Å². The molecule has 10 aromatic carbocycles. The largest absolute Gasteiger partial charge is 0.307 e. The second-order valence-electron chi connectivity index (χ2n) is 17.4. The first-order valence-electron chi connectivity index (χ1n) is 23.3. The van der Waals surface area contributed by atoms with Gasteiger partial charge < -0.3 is 4.57 Å². The Balaban J connectivity index is 0.927. The summed E-state index contributed by atoms with van der Waals surface area (Å²) in [5, 5.41) is 5.73. The van der Waals surface area contributed by atoms with Crippen LogP contribution in [0.15, 0.2) is 249 Å². The molecule has 0 aliphatic rings. The molecule has 322 valence electrons.